The highest BCUT2D eigenvalue weighted by molar-refractivity contribution is 5.75. The topological polar surface area (TPSA) is 126 Å². The Labute approximate surface area is 126 Å². The van der Waals surface area contributed by atoms with Gasteiger partial charge in [-0.3, -0.25) is 4.79 Å². The first-order valence-corrected chi connectivity index (χ1v) is 6.53. The lowest BCUT2D eigenvalue weighted by atomic mass is 10.4. The van der Waals surface area contributed by atoms with Gasteiger partial charge in [0.2, 0.25) is 11.7 Å². The van der Waals surface area contributed by atoms with Crippen LogP contribution in [0.1, 0.15) is 12.2 Å². The molecule has 0 aliphatic carbocycles. The van der Waals surface area contributed by atoms with Crippen molar-refractivity contribution >= 4 is 17.7 Å². The van der Waals surface area contributed by atoms with Gasteiger partial charge in [-0.15, -0.1) is 0 Å². The van der Waals surface area contributed by atoms with Crippen LogP contribution in [0.15, 0.2) is 6.20 Å². The molecule has 0 saturated carbocycles. The number of nitro groups is 1. The number of nitrogens with one attached hydrogen (secondary N) is 1. The minimum absolute atomic E-state index is 0.158. The highest BCUT2D eigenvalue weighted by Crippen LogP contribution is 2.10. The van der Waals surface area contributed by atoms with Crippen molar-refractivity contribution in [2.45, 2.75) is 19.9 Å². The third-order valence-electron chi connectivity index (χ3n) is 2.75. The summed E-state index contributed by atoms with van der Waals surface area (Å²) in [6.07, 6.45) is 1.45. The second-order valence-electron chi connectivity index (χ2n) is 4.33. The summed E-state index contributed by atoms with van der Waals surface area (Å²) in [5, 5.41) is 13.2. The first-order valence-electron chi connectivity index (χ1n) is 6.53. The van der Waals surface area contributed by atoms with Crippen molar-refractivity contribution in [2.24, 2.45) is 0 Å². The van der Waals surface area contributed by atoms with Crippen molar-refractivity contribution in [2.75, 3.05) is 26.9 Å². The Bertz CT molecular complexity index is 542. The maximum atomic E-state index is 11.6. The van der Waals surface area contributed by atoms with Gasteiger partial charge in [-0.25, -0.2) is 4.79 Å². The smallest absolute Gasteiger partial charge is 0.381 e. The molecule has 1 N–H and O–H groups in total. The molecule has 122 valence electrons. The molecule has 0 aromatic carbocycles. The Morgan fingerprint density at radius 3 is 2.82 bits per heavy atom. The molecular formula is C12H18N4O6. The van der Waals surface area contributed by atoms with Gasteiger partial charge in [0, 0.05) is 26.4 Å². The molecule has 1 amide bonds. The van der Waals surface area contributed by atoms with Crippen LogP contribution in [0, 0.1) is 17.0 Å². The van der Waals surface area contributed by atoms with E-state index in [1.165, 1.54) is 13.3 Å². The van der Waals surface area contributed by atoms with Crippen LogP contribution in [-0.2, 0) is 25.6 Å². The van der Waals surface area contributed by atoms with Crippen LogP contribution in [0.5, 0.6) is 0 Å². The Hall–Kier alpha value is -2.49. The van der Waals surface area contributed by atoms with Crippen molar-refractivity contribution in [3.8, 4) is 0 Å². The van der Waals surface area contributed by atoms with Crippen LogP contribution < -0.4 is 5.32 Å². The summed E-state index contributed by atoms with van der Waals surface area (Å²) in [6.45, 7) is 2.21. The zero-order valence-electron chi connectivity index (χ0n) is 12.4. The summed E-state index contributed by atoms with van der Waals surface area (Å²) in [5.74, 6) is -0.476. The number of carbonyl (C=O) groups is 2. The van der Waals surface area contributed by atoms with E-state index in [2.05, 4.69) is 15.0 Å². The fourth-order valence-corrected chi connectivity index (χ4v) is 1.59. The number of esters is 1. The molecule has 10 nitrogen and oxygen atoms in total. The monoisotopic (exact) mass is 314 g/mol. The molecular weight excluding hydrogens is 296 g/mol. The summed E-state index contributed by atoms with van der Waals surface area (Å²) in [4.78, 5) is 36.1. The number of methoxy groups -OCH3 is 1. The maximum absolute atomic E-state index is 11.6. The Balaban J connectivity index is 2.23. The van der Waals surface area contributed by atoms with E-state index in [1.807, 2.05) is 0 Å². The second-order valence-corrected chi connectivity index (χ2v) is 4.33. The molecule has 1 aromatic heterocycles. The van der Waals surface area contributed by atoms with Gasteiger partial charge in [-0.05, 0) is 9.91 Å². The van der Waals surface area contributed by atoms with E-state index < -0.39 is 10.9 Å². The molecule has 0 aliphatic rings. The largest absolute Gasteiger partial charge is 0.467 e. The number of rotatable bonds is 9. The summed E-state index contributed by atoms with van der Waals surface area (Å²) >= 11 is 0. The molecule has 22 heavy (non-hydrogen) atoms. The highest BCUT2D eigenvalue weighted by atomic mass is 16.6. The van der Waals surface area contributed by atoms with Crippen molar-refractivity contribution < 1.29 is 24.0 Å². The second kappa shape index (κ2) is 8.72. The average Bonchev–Trinajstić information content (AvgIpc) is 2.86. The fraction of sp³-hybridized carbons (Fsp3) is 0.583. The average molecular weight is 314 g/mol. The minimum Gasteiger partial charge on any atom is -0.467 e. The van der Waals surface area contributed by atoms with E-state index in [0.29, 0.717) is 12.4 Å². The number of ether oxygens (including phenoxy) is 2. The number of hydrogen-bond donors (Lipinski definition) is 1. The predicted octanol–water partition coefficient (Wildman–Crippen LogP) is -0.204. The van der Waals surface area contributed by atoms with Gasteiger partial charge in [0.25, 0.3) is 0 Å². The van der Waals surface area contributed by atoms with Gasteiger partial charge < -0.3 is 29.5 Å². The number of aryl methyl sites for hydroxylation is 2. The lowest BCUT2D eigenvalue weighted by Crippen LogP contribution is -2.28. The molecule has 0 saturated heterocycles. The summed E-state index contributed by atoms with van der Waals surface area (Å²) in [5.41, 5.74) is 0. The number of carbonyl (C=O) groups excluding carboxylic acids is 2. The van der Waals surface area contributed by atoms with E-state index >= 15 is 0 Å². The van der Waals surface area contributed by atoms with E-state index in [1.54, 1.807) is 11.5 Å². The zero-order chi connectivity index (χ0) is 16.5. The quantitative estimate of drug-likeness (QED) is 0.289. The van der Waals surface area contributed by atoms with Crippen molar-refractivity contribution in [3.63, 3.8) is 0 Å². The molecule has 1 rings (SSSR count). The van der Waals surface area contributed by atoms with Gasteiger partial charge in [0.05, 0.1) is 13.7 Å². The molecule has 0 atom stereocenters. The number of hydrogen-bond acceptors (Lipinski definition) is 7. The Kier molecular flexibility index (Phi) is 6.96. The minimum atomic E-state index is -0.581. The van der Waals surface area contributed by atoms with E-state index in [9.17, 15) is 19.7 Å². The Morgan fingerprint density at radius 1 is 1.50 bits per heavy atom. The molecule has 0 spiro atoms. The van der Waals surface area contributed by atoms with Gasteiger partial charge in [-0.1, -0.05) is 0 Å². The molecule has 10 heteroatoms. The van der Waals surface area contributed by atoms with Crippen molar-refractivity contribution in [1.29, 1.82) is 0 Å². The van der Waals surface area contributed by atoms with Crippen LogP contribution >= 0.6 is 0 Å². The van der Waals surface area contributed by atoms with E-state index in [4.69, 9.17) is 4.74 Å². The third-order valence-corrected chi connectivity index (χ3v) is 2.75. The molecule has 0 fully saturated rings. The predicted molar refractivity (Wildman–Crippen MR) is 74.1 cm³/mol. The molecule has 0 radical (unpaired) electrons. The van der Waals surface area contributed by atoms with Gasteiger partial charge >= 0.3 is 11.8 Å². The van der Waals surface area contributed by atoms with Crippen molar-refractivity contribution in [1.82, 2.24) is 14.9 Å². The normalized spacial score (nSPS) is 10.3. The van der Waals surface area contributed by atoms with E-state index in [0.717, 1.165) is 0 Å². The number of nitrogens with zero attached hydrogens (tertiary/aromatic N) is 3. The fourth-order valence-electron chi connectivity index (χ4n) is 1.59. The molecule has 0 unspecified atom stereocenters. The van der Waals surface area contributed by atoms with Gasteiger partial charge in [-0.2, -0.15) is 0 Å². The standard InChI is InChI=1S/C12H18N4O6/c1-9-14-10(16(19)20)7-15(9)5-3-11(17)13-4-6-22-8-12(18)21-2/h7H,3-6,8H2,1-2H3,(H,13,17). The van der Waals surface area contributed by atoms with Crippen LogP contribution in [0.4, 0.5) is 5.82 Å². The van der Waals surface area contributed by atoms with Gasteiger partial charge in [0.1, 0.15) is 12.8 Å². The molecule has 1 aromatic rings. The van der Waals surface area contributed by atoms with Crippen LogP contribution in [0.2, 0.25) is 0 Å². The number of aromatic nitrogens is 2. The first kappa shape index (κ1) is 17.6. The maximum Gasteiger partial charge on any atom is 0.381 e. The zero-order valence-corrected chi connectivity index (χ0v) is 12.4. The summed E-state index contributed by atoms with van der Waals surface area (Å²) < 4.78 is 10.9. The molecule has 0 aliphatic heterocycles. The SMILES string of the molecule is COC(=O)COCCNC(=O)CCn1cc([N+](=O)[O-])nc1C. The van der Waals surface area contributed by atoms with E-state index in [-0.39, 0.29) is 37.9 Å². The van der Waals surface area contributed by atoms with Crippen molar-refractivity contribution in [3.05, 3.63) is 22.1 Å². The Morgan fingerprint density at radius 2 is 2.23 bits per heavy atom. The lowest BCUT2D eigenvalue weighted by molar-refractivity contribution is -0.389. The van der Waals surface area contributed by atoms with Crippen LogP contribution in [-0.4, -0.2) is 53.2 Å². The third kappa shape index (κ3) is 5.87. The lowest BCUT2D eigenvalue weighted by Gasteiger charge is -2.06. The van der Waals surface area contributed by atoms with Crippen LogP contribution in [0.25, 0.3) is 0 Å². The van der Waals surface area contributed by atoms with Crippen LogP contribution in [0.3, 0.4) is 0 Å². The molecule has 0 bridgehead atoms. The van der Waals surface area contributed by atoms with Gasteiger partial charge in [0.15, 0.2) is 0 Å². The number of imidazole rings is 1. The molecule has 1 heterocycles. The summed E-state index contributed by atoms with van der Waals surface area (Å²) in [7, 11) is 1.26. The highest BCUT2D eigenvalue weighted by Gasteiger charge is 2.15. The summed E-state index contributed by atoms with van der Waals surface area (Å²) in [6, 6.07) is 0. The first-order chi connectivity index (χ1) is 10.4. The number of amides is 1.